The molecule has 2 unspecified atom stereocenters. The van der Waals surface area contributed by atoms with Gasteiger partial charge in [-0.2, -0.15) is 0 Å². The van der Waals surface area contributed by atoms with Crippen molar-refractivity contribution in [3.63, 3.8) is 0 Å². The van der Waals surface area contributed by atoms with Gasteiger partial charge in [0.05, 0.1) is 46.8 Å². The van der Waals surface area contributed by atoms with Gasteiger partial charge in [0.2, 0.25) is 0 Å². The summed E-state index contributed by atoms with van der Waals surface area (Å²) < 4.78 is 33.3. The van der Waals surface area contributed by atoms with Gasteiger partial charge in [-0.3, -0.25) is 0 Å². The Morgan fingerprint density at radius 1 is 0.481 bits per heavy atom. The van der Waals surface area contributed by atoms with E-state index in [1.807, 2.05) is 30.3 Å². The van der Waals surface area contributed by atoms with E-state index in [9.17, 15) is 15.3 Å². The Kier molecular flexibility index (Phi) is 14.3. The lowest BCUT2D eigenvalue weighted by Crippen LogP contribution is -2.30. The van der Waals surface area contributed by atoms with E-state index in [1.54, 1.807) is 42.7 Å². The summed E-state index contributed by atoms with van der Waals surface area (Å²) in [4.78, 5) is 0. The third-order valence-corrected chi connectivity index (χ3v) is 10.5. The van der Waals surface area contributed by atoms with E-state index in [2.05, 4.69) is 51.1 Å². The predicted octanol–water partition coefficient (Wildman–Crippen LogP) is 7.79. The minimum atomic E-state index is -0.742. The topological polar surface area (TPSA) is 116 Å². The monoisotopic (exact) mass is 716 g/mol. The highest BCUT2D eigenvalue weighted by molar-refractivity contribution is 5.59. The maximum Gasteiger partial charge on any atom is 0.129 e. The van der Waals surface area contributed by atoms with E-state index >= 15 is 0 Å². The van der Waals surface area contributed by atoms with Crippen LogP contribution in [0.5, 0.6) is 17.2 Å². The number of rotatable bonds is 19. The minimum Gasteiger partial charge on any atom is -0.507 e. The molecule has 2 atom stereocenters. The Hall–Kier alpha value is -3.96. The van der Waals surface area contributed by atoms with E-state index in [-0.39, 0.29) is 44.5 Å². The van der Waals surface area contributed by atoms with Crippen molar-refractivity contribution in [2.75, 3.05) is 42.7 Å². The molecule has 0 aliphatic rings. The van der Waals surface area contributed by atoms with Crippen molar-refractivity contribution in [2.45, 2.75) is 84.1 Å². The SMILES string of the molecule is CCC(C)(c1ccc(C(CC)(c2cc(COC)c(O)c(COC)c2)c2cc(CO)c(OC)c(COC)c2)cc1)c1cc(COC)c(O)c(COC)c1. The number of hydrogen-bond acceptors (Lipinski definition) is 9. The summed E-state index contributed by atoms with van der Waals surface area (Å²) in [6.45, 7) is 7.59. The van der Waals surface area contributed by atoms with Crippen LogP contribution < -0.4 is 4.74 Å². The molecule has 0 aliphatic heterocycles. The molecule has 3 N–H and O–H groups in total. The highest BCUT2D eigenvalue weighted by atomic mass is 16.5. The van der Waals surface area contributed by atoms with Crippen LogP contribution in [0.25, 0.3) is 0 Å². The number of aromatic hydroxyl groups is 2. The maximum atomic E-state index is 11.2. The molecule has 0 aromatic heterocycles. The first kappa shape index (κ1) is 40.8. The summed E-state index contributed by atoms with van der Waals surface area (Å²) in [6, 6.07) is 20.9. The van der Waals surface area contributed by atoms with Crippen molar-refractivity contribution in [3.8, 4) is 17.2 Å². The quantitative estimate of drug-likeness (QED) is 0.0837. The zero-order valence-electron chi connectivity index (χ0n) is 32.2. The van der Waals surface area contributed by atoms with E-state index in [1.165, 1.54) is 0 Å². The first-order valence-corrected chi connectivity index (χ1v) is 17.6. The number of hydrogen-bond donors (Lipinski definition) is 3. The Morgan fingerprint density at radius 3 is 1.21 bits per heavy atom. The van der Waals surface area contributed by atoms with Crippen molar-refractivity contribution in [1.82, 2.24) is 0 Å². The summed E-state index contributed by atoms with van der Waals surface area (Å²) in [5, 5.41) is 32.8. The molecule has 52 heavy (non-hydrogen) atoms. The average molecular weight is 717 g/mol. The van der Waals surface area contributed by atoms with Crippen LogP contribution in [0.1, 0.15) is 94.8 Å². The average Bonchev–Trinajstić information content (AvgIpc) is 3.15. The van der Waals surface area contributed by atoms with Crippen molar-refractivity contribution in [1.29, 1.82) is 0 Å². The van der Waals surface area contributed by atoms with Crippen LogP contribution in [0, 0.1) is 0 Å². The molecule has 0 aliphatic carbocycles. The Balaban J connectivity index is 2.04. The summed E-state index contributed by atoms with van der Waals surface area (Å²) in [5.74, 6) is 0.928. The summed E-state index contributed by atoms with van der Waals surface area (Å²) in [5.41, 5.74) is 8.14. The Labute approximate surface area is 309 Å². The van der Waals surface area contributed by atoms with Gasteiger partial charge < -0.3 is 43.7 Å². The van der Waals surface area contributed by atoms with E-state index < -0.39 is 10.8 Å². The van der Waals surface area contributed by atoms with Crippen molar-refractivity contribution >= 4 is 0 Å². The first-order chi connectivity index (χ1) is 25.1. The summed E-state index contributed by atoms with van der Waals surface area (Å²) in [6.07, 6.45) is 1.44. The molecule has 0 amide bonds. The first-order valence-electron chi connectivity index (χ1n) is 17.6. The fourth-order valence-corrected chi connectivity index (χ4v) is 7.60. The number of phenolic OH excluding ortho intramolecular Hbond substituents is 2. The molecule has 0 saturated carbocycles. The third kappa shape index (κ3) is 7.86. The van der Waals surface area contributed by atoms with Gasteiger partial charge in [0.25, 0.3) is 0 Å². The molecule has 4 aromatic rings. The van der Waals surface area contributed by atoms with Gasteiger partial charge in [-0.15, -0.1) is 0 Å². The van der Waals surface area contributed by atoms with Crippen LogP contribution in [-0.2, 0) is 74.2 Å². The van der Waals surface area contributed by atoms with Crippen LogP contribution >= 0.6 is 0 Å². The van der Waals surface area contributed by atoms with Gasteiger partial charge in [0.1, 0.15) is 17.2 Å². The van der Waals surface area contributed by atoms with Crippen LogP contribution in [0.15, 0.2) is 60.7 Å². The predicted molar refractivity (Wildman–Crippen MR) is 202 cm³/mol. The summed E-state index contributed by atoms with van der Waals surface area (Å²) >= 11 is 0. The largest absolute Gasteiger partial charge is 0.507 e. The highest BCUT2D eigenvalue weighted by Crippen LogP contribution is 2.47. The van der Waals surface area contributed by atoms with Gasteiger partial charge >= 0.3 is 0 Å². The fraction of sp³-hybridized carbons (Fsp3) is 0.442. The molecule has 0 heterocycles. The van der Waals surface area contributed by atoms with Gasteiger partial charge in [0.15, 0.2) is 0 Å². The Bertz CT molecular complexity index is 1730. The van der Waals surface area contributed by atoms with Crippen molar-refractivity contribution < 1.29 is 43.7 Å². The van der Waals surface area contributed by atoms with E-state index in [4.69, 9.17) is 28.4 Å². The second-order valence-corrected chi connectivity index (χ2v) is 13.5. The van der Waals surface area contributed by atoms with E-state index in [0.717, 1.165) is 39.8 Å². The number of methoxy groups -OCH3 is 6. The number of benzene rings is 4. The number of aliphatic hydroxyl groups is 1. The van der Waals surface area contributed by atoms with Crippen LogP contribution in [-0.4, -0.2) is 58.0 Å². The van der Waals surface area contributed by atoms with E-state index in [0.29, 0.717) is 46.6 Å². The second kappa shape index (κ2) is 18.2. The molecule has 0 saturated heterocycles. The lowest BCUT2D eigenvalue weighted by Gasteiger charge is -2.38. The maximum absolute atomic E-state index is 11.2. The molecule has 0 radical (unpaired) electrons. The van der Waals surface area contributed by atoms with Crippen molar-refractivity contribution in [2.24, 2.45) is 0 Å². The standard InChI is InChI=1S/C43H56O9/c1-10-42(3,36-17-29(23-47-4)39(45)30(18-36)24-48-5)34-12-14-35(15-13-34)43(11-2,37-16-28(22-44)41(52-9)33(21-37)27-51-8)38-19-31(25-49-6)40(46)32(20-38)26-50-7/h12-21,44-46H,10-11,22-27H2,1-9H3. The molecular formula is C43H56O9. The highest BCUT2D eigenvalue weighted by Gasteiger charge is 2.38. The molecular weight excluding hydrogens is 660 g/mol. The normalized spacial score (nSPS) is 13.9. The van der Waals surface area contributed by atoms with Crippen LogP contribution in [0.4, 0.5) is 0 Å². The zero-order chi connectivity index (χ0) is 38.1. The van der Waals surface area contributed by atoms with Gasteiger partial charge in [-0.1, -0.05) is 45.0 Å². The number of ether oxygens (including phenoxy) is 6. The minimum absolute atomic E-state index is 0.145. The third-order valence-electron chi connectivity index (χ3n) is 10.5. The fourth-order valence-electron chi connectivity index (χ4n) is 7.60. The molecule has 4 rings (SSSR count). The lowest BCUT2D eigenvalue weighted by atomic mass is 9.65. The molecule has 4 aromatic carbocycles. The number of phenols is 2. The molecule has 0 spiro atoms. The lowest BCUT2D eigenvalue weighted by molar-refractivity contribution is 0.174. The number of aliphatic hydroxyl groups excluding tert-OH is 1. The van der Waals surface area contributed by atoms with Gasteiger partial charge in [-0.05, 0) is 77.1 Å². The molecule has 9 nitrogen and oxygen atoms in total. The molecule has 9 heteroatoms. The van der Waals surface area contributed by atoms with Crippen molar-refractivity contribution in [3.05, 3.63) is 122 Å². The molecule has 282 valence electrons. The second-order valence-electron chi connectivity index (χ2n) is 13.5. The Morgan fingerprint density at radius 2 is 0.846 bits per heavy atom. The smallest absolute Gasteiger partial charge is 0.129 e. The van der Waals surface area contributed by atoms with Gasteiger partial charge in [0, 0.05) is 79.8 Å². The van der Waals surface area contributed by atoms with Crippen LogP contribution in [0.3, 0.4) is 0 Å². The van der Waals surface area contributed by atoms with Gasteiger partial charge in [-0.25, -0.2) is 0 Å². The summed E-state index contributed by atoms with van der Waals surface area (Å²) in [7, 11) is 9.70. The molecule has 0 fully saturated rings. The molecule has 0 bridgehead atoms. The van der Waals surface area contributed by atoms with Crippen LogP contribution in [0.2, 0.25) is 0 Å². The zero-order valence-corrected chi connectivity index (χ0v) is 32.2.